The van der Waals surface area contributed by atoms with Gasteiger partial charge in [-0.05, 0) is 41.9 Å². The highest BCUT2D eigenvalue weighted by atomic mass is 16.5. The number of rotatable bonds is 17. The maximum Gasteiger partial charge on any atom is 0.276 e. The molecule has 0 aliphatic carbocycles. The van der Waals surface area contributed by atoms with E-state index in [9.17, 15) is 14.8 Å². The van der Waals surface area contributed by atoms with E-state index in [1.165, 1.54) is 19.0 Å². The minimum atomic E-state index is -0.539. The third-order valence-corrected chi connectivity index (χ3v) is 8.14. The highest BCUT2D eigenvalue weighted by Gasteiger charge is 2.43. The van der Waals surface area contributed by atoms with Crippen molar-refractivity contribution in [3.8, 4) is 0 Å². The average molecular weight is 547 g/mol. The summed E-state index contributed by atoms with van der Waals surface area (Å²) >= 11 is 0. The predicted octanol–water partition coefficient (Wildman–Crippen LogP) is 5.52. The van der Waals surface area contributed by atoms with Crippen molar-refractivity contribution in [2.24, 2.45) is 21.7 Å². The molecule has 2 amide bonds. The Morgan fingerprint density at radius 1 is 1.05 bits per heavy atom. The van der Waals surface area contributed by atoms with Crippen LogP contribution in [-0.2, 0) is 9.53 Å². The van der Waals surface area contributed by atoms with Crippen LogP contribution in [0, 0.1) is 33.8 Å². The summed E-state index contributed by atoms with van der Waals surface area (Å²) in [5.74, 6) is -0.421. The van der Waals surface area contributed by atoms with Gasteiger partial charge in [-0.1, -0.05) is 80.9 Å². The van der Waals surface area contributed by atoms with Gasteiger partial charge in [-0.2, -0.15) is 4.73 Å². The fourth-order valence-corrected chi connectivity index (χ4v) is 5.11. The highest BCUT2D eigenvalue weighted by molar-refractivity contribution is 5.91. The van der Waals surface area contributed by atoms with Gasteiger partial charge in [-0.25, -0.2) is 4.98 Å². The molecule has 0 saturated heterocycles. The lowest BCUT2D eigenvalue weighted by atomic mass is 9.59. The number of aromatic nitrogens is 2. The fourth-order valence-electron chi connectivity index (χ4n) is 5.11. The summed E-state index contributed by atoms with van der Waals surface area (Å²) in [6.07, 6.45) is 12.5. The first kappa shape index (κ1) is 34.5. The second kappa shape index (κ2) is 14.8. The molecule has 0 saturated carbocycles. The second-order valence-electron chi connectivity index (χ2n) is 13.1. The maximum absolute atomic E-state index is 13.1. The smallest absolute Gasteiger partial charge is 0.276 e. The molecule has 1 rings (SSSR count). The molecule has 1 unspecified atom stereocenters. The Kier molecular flexibility index (Phi) is 13.1. The number of carbonyl (C=O) groups is 2. The molecular formula is C31H54N4O4. The Labute approximate surface area is 237 Å². The van der Waals surface area contributed by atoms with Crippen molar-refractivity contribution < 1.29 is 19.1 Å². The van der Waals surface area contributed by atoms with Gasteiger partial charge >= 0.3 is 0 Å². The summed E-state index contributed by atoms with van der Waals surface area (Å²) < 4.78 is 6.17. The zero-order valence-corrected chi connectivity index (χ0v) is 26.2. The molecule has 8 heteroatoms. The number of nitrogens with one attached hydrogen (secondary N) is 2. The van der Waals surface area contributed by atoms with Crippen LogP contribution in [0.2, 0.25) is 0 Å². The van der Waals surface area contributed by atoms with Crippen molar-refractivity contribution in [3.63, 3.8) is 0 Å². The second-order valence-corrected chi connectivity index (χ2v) is 13.1. The highest BCUT2D eigenvalue weighted by Crippen LogP contribution is 2.50. The van der Waals surface area contributed by atoms with Crippen molar-refractivity contribution in [2.75, 3.05) is 26.3 Å². The van der Waals surface area contributed by atoms with E-state index >= 15 is 0 Å². The monoisotopic (exact) mass is 546 g/mol. The van der Waals surface area contributed by atoms with Crippen LogP contribution in [0.4, 0.5) is 0 Å². The molecule has 1 atom stereocenters. The van der Waals surface area contributed by atoms with Crippen LogP contribution >= 0.6 is 0 Å². The zero-order chi connectivity index (χ0) is 29.9. The van der Waals surface area contributed by atoms with Crippen LogP contribution in [0.5, 0.6) is 0 Å². The number of aryl methyl sites for hydroxylation is 1. The van der Waals surface area contributed by atoms with E-state index in [-0.39, 0.29) is 35.6 Å². The predicted molar refractivity (Wildman–Crippen MR) is 157 cm³/mol. The number of allylic oxidation sites excluding steroid dienone is 2. The average Bonchev–Trinajstić information content (AvgIpc) is 2.83. The van der Waals surface area contributed by atoms with Crippen molar-refractivity contribution in [2.45, 2.75) is 101 Å². The van der Waals surface area contributed by atoms with E-state index in [0.717, 1.165) is 25.5 Å². The SMILES string of the molecule is CCCC(C)(C)CC=CC(C)(CC)C(C)(C)CC(C)(C)C(=O)NCCOCCNC(=O)c1c[n+]([O-])c(C)cn1. The van der Waals surface area contributed by atoms with E-state index in [4.69, 9.17) is 4.74 Å². The normalized spacial score (nSPS) is 14.3. The molecule has 1 aromatic rings. The van der Waals surface area contributed by atoms with E-state index in [0.29, 0.717) is 29.0 Å². The molecule has 0 aliphatic rings. The van der Waals surface area contributed by atoms with E-state index in [2.05, 4.69) is 76.2 Å². The molecule has 1 aromatic heterocycles. The molecule has 2 N–H and O–H groups in total. The summed E-state index contributed by atoms with van der Waals surface area (Å²) in [7, 11) is 0. The van der Waals surface area contributed by atoms with E-state index < -0.39 is 11.3 Å². The zero-order valence-electron chi connectivity index (χ0n) is 26.2. The van der Waals surface area contributed by atoms with E-state index in [1.54, 1.807) is 6.92 Å². The molecule has 8 nitrogen and oxygen atoms in total. The number of hydrogen-bond acceptors (Lipinski definition) is 5. The third-order valence-electron chi connectivity index (χ3n) is 8.14. The molecule has 0 spiro atoms. The van der Waals surface area contributed by atoms with Gasteiger partial charge in [0.1, 0.15) is 0 Å². The number of ether oxygens (including phenoxy) is 1. The van der Waals surface area contributed by atoms with Gasteiger partial charge < -0.3 is 20.6 Å². The molecule has 0 radical (unpaired) electrons. The van der Waals surface area contributed by atoms with Gasteiger partial charge in [-0.15, -0.1) is 0 Å². The Balaban J connectivity index is 2.51. The first-order valence-corrected chi connectivity index (χ1v) is 14.4. The Morgan fingerprint density at radius 2 is 1.67 bits per heavy atom. The summed E-state index contributed by atoms with van der Waals surface area (Å²) in [5.41, 5.74) is 0.131. The third kappa shape index (κ3) is 10.9. The maximum atomic E-state index is 13.1. The summed E-state index contributed by atoms with van der Waals surface area (Å²) in [4.78, 5) is 29.1. The first-order valence-electron chi connectivity index (χ1n) is 14.4. The Bertz CT molecular complexity index is 971. The largest absolute Gasteiger partial charge is 0.618 e. The topological polar surface area (TPSA) is 107 Å². The lowest BCUT2D eigenvalue weighted by Gasteiger charge is -2.46. The molecule has 0 aromatic carbocycles. The van der Waals surface area contributed by atoms with Crippen LogP contribution in [0.3, 0.4) is 0 Å². The van der Waals surface area contributed by atoms with E-state index in [1.807, 2.05) is 13.8 Å². The van der Waals surface area contributed by atoms with Crippen LogP contribution in [0.1, 0.15) is 111 Å². The Morgan fingerprint density at radius 3 is 2.23 bits per heavy atom. The van der Waals surface area contributed by atoms with Crippen molar-refractivity contribution in [3.05, 3.63) is 41.1 Å². The van der Waals surface area contributed by atoms with Gasteiger partial charge in [0.15, 0.2) is 5.69 Å². The molecular weight excluding hydrogens is 492 g/mol. The van der Waals surface area contributed by atoms with Crippen molar-refractivity contribution in [1.82, 2.24) is 15.6 Å². The number of nitrogens with zero attached hydrogens (tertiary/aromatic N) is 2. The Hall–Kier alpha value is -2.48. The first-order chi connectivity index (χ1) is 18.0. The molecule has 0 fully saturated rings. The quantitative estimate of drug-likeness (QED) is 0.116. The van der Waals surface area contributed by atoms with Crippen LogP contribution in [-0.4, -0.2) is 43.1 Å². The molecule has 39 heavy (non-hydrogen) atoms. The number of amides is 2. The van der Waals surface area contributed by atoms with Crippen LogP contribution < -0.4 is 15.4 Å². The van der Waals surface area contributed by atoms with Gasteiger partial charge in [0.05, 0.1) is 19.4 Å². The standard InChI is InChI=1S/C31H54N4O4/c1-11-14-28(4,5)15-13-16-31(10,12-2)30(8,9)23-29(6,7)27(37)33-18-20-39-19-17-32-26(36)25-22-35(38)24(3)21-34-25/h13,16,21-22H,11-12,14-15,17-20,23H2,1-10H3,(H,32,36)(H,33,37). The number of carbonyl (C=O) groups excluding carboxylic acids is 2. The lowest BCUT2D eigenvalue weighted by Crippen LogP contribution is -2.44. The molecule has 1 heterocycles. The summed E-state index contributed by atoms with van der Waals surface area (Å²) in [6, 6.07) is 0. The van der Waals surface area contributed by atoms with Gasteiger partial charge in [-0.3, -0.25) is 9.59 Å². The van der Waals surface area contributed by atoms with Gasteiger partial charge in [0.25, 0.3) is 5.91 Å². The molecule has 222 valence electrons. The molecule has 0 aliphatic heterocycles. The fraction of sp³-hybridized carbons (Fsp3) is 0.742. The van der Waals surface area contributed by atoms with Crippen molar-refractivity contribution in [1.29, 1.82) is 0 Å². The number of hydrogen-bond donors (Lipinski definition) is 2. The lowest BCUT2D eigenvalue weighted by molar-refractivity contribution is -0.613. The van der Waals surface area contributed by atoms with Crippen LogP contribution in [0.25, 0.3) is 0 Å². The minimum absolute atomic E-state index is 0.00959. The van der Waals surface area contributed by atoms with Gasteiger partial charge in [0, 0.05) is 25.4 Å². The minimum Gasteiger partial charge on any atom is -0.618 e. The summed E-state index contributed by atoms with van der Waals surface area (Å²) in [5, 5.41) is 17.3. The van der Waals surface area contributed by atoms with Gasteiger partial charge in [0.2, 0.25) is 17.8 Å². The molecule has 0 bridgehead atoms. The van der Waals surface area contributed by atoms with Crippen molar-refractivity contribution >= 4 is 11.8 Å². The van der Waals surface area contributed by atoms with Crippen LogP contribution in [0.15, 0.2) is 24.5 Å². The summed E-state index contributed by atoms with van der Waals surface area (Å²) in [6.45, 7) is 22.9.